The molecule has 0 saturated heterocycles. The molecule has 0 radical (unpaired) electrons. The van der Waals surface area contributed by atoms with Crippen LogP contribution >= 0.6 is 0 Å². The number of hydrogen-bond donors (Lipinski definition) is 2. The van der Waals surface area contributed by atoms with Crippen molar-refractivity contribution >= 4 is 11.7 Å². The van der Waals surface area contributed by atoms with Gasteiger partial charge in [0.25, 0.3) is 5.91 Å². The van der Waals surface area contributed by atoms with E-state index < -0.39 is 36.8 Å². The van der Waals surface area contributed by atoms with Crippen LogP contribution in [0.2, 0.25) is 0 Å². The summed E-state index contributed by atoms with van der Waals surface area (Å²) in [6.45, 7) is 4.59. The van der Waals surface area contributed by atoms with Gasteiger partial charge >= 0.3 is 6.18 Å². The number of pyridine rings is 1. The maximum atomic E-state index is 13.3. The van der Waals surface area contributed by atoms with Crippen molar-refractivity contribution in [3.8, 4) is 5.88 Å². The van der Waals surface area contributed by atoms with Crippen LogP contribution in [0.1, 0.15) is 81.3 Å². The Morgan fingerprint density at radius 3 is 2.33 bits per heavy atom. The van der Waals surface area contributed by atoms with Gasteiger partial charge in [-0.15, -0.1) is 0 Å². The molecule has 0 aromatic carbocycles. The Labute approximate surface area is 174 Å². The highest BCUT2D eigenvalue weighted by Gasteiger charge is 2.43. The number of Topliss-reactive ketones (excluding diaryl/α,β-unsaturated/α-hetero) is 1. The van der Waals surface area contributed by atoms with Crippen LogP contribution < -0.4 is 10.1 Å². The van der Waals surface area contributed by atoms with Gasteiger partial charge in [0, 0.05) is 25.0 Å². The summed E-state index contributed by atoms with van der Waals surface area (Å²) in [4.78, 5) is 29.3. The Morgan fingerprint density at radius 1 is 1.23 bits per heavy atom. The summed E-state index contributed by atoms with van der Waals surface area (Å²) in [5.41, 5.74) is -0.648. The van der Waals surface area contributed by atoms with E-state index in [0.717, 1.165) is 12.8 Å². The number of alkyl halides is 3. The van der Waals surface area contributed by atoms with Crippen molar-refractivity contribution in [1.29, 1.82) is 0 Å². The van der Waals surface area contributed by atoms with E-state index in [0.29, 0.717) is 18.4 Å². The molecule has 2 N–H and O–H groups in total. The number of amides is 1. The van der Waals surface area contributed by atoms with E-state index in [1.54, 1.807) is 26.8 Å². The second kappa shape index (κ2) is 9.76. The standard InChI is InChI=1S/C21H29F3N2O4/c1-4-16(28)20(5-2,6-3)26-18(29)15-10-9-14(13-7-8-13)19(25-15)30-17(11-12-27)21(22,23)24/h9-10,13,17,27H,4-8,11-12H2,1-3H3,(H,26,29)/t17-/m1/s1. The first-order valence-corrected chi connectivity index (χ1v) is 10.3. The third-order valence-corrected chi connectivity index (χ3v) is 5.56. The fraction of sp³-hybridized carbons (Fsp3) is 0.667. The van der Waals surface area contributed by atoms with Crippen molar-refractivity contribution < 1.29 is 32.6 Å². The minimum atomic E-state index is -4.68. The summed E-state index contributed by atoms with van der Waals surface area (Å²) in [7, 11) is 0. The van der Waals surface area contributed by atoms with Gasteiger partial charge in [-0.3, -0.25) is 9.59 Å². The first-order chi connectivity index (χ1) is 14.1. The number of hydrogen-bond acceptors (Lipinski definition) is 5. The van der Waals surface area contributed by atoms with E-state index in [9.17, 15) is 22.8 Å². The molecule has 0 unspecified atom stereocenters. The Bertz CT molecular complexity index is 759. The average molecular weight is 430 g/mol. The number of carbonyl (C=O) groups is 2. The Hall–Kier alpha value is -2.16. The molecular formula is C21H29F3N2O4. The van der Waals surface area contributed by atoms with Crippen LogP contribution in [0.4, 0.5) is 13.2 Å². The molecule has 1 fully saturated rings. The van der Waals surface area contributed by atoms with Gasteiger partial charge in [0.1, 0.15) is 5.69 Å². The predicted octanol–water partition coefficient (Wildman–Crippen LogP) is 3.92. The number of ketones is 1. The molecule has 0 aliphatic heterocycles. The van der Waals surface area contributed by atoms with Crippen molar-refractivity contribution in [3.05, 3.63) is 23.4 Å². The van der Waals surface area contributed by atoms with Crippen molar-refractivity contribution in [3.63, 3.8) is 0 Å². The highest BCUT2D eigenvalue weighted by atomic mass is 19.4. The highest BCUT2D eigenvalue weighted by molar-refractivity contribution is 5.98. The minimum Gasteiger partial charge on any atom is -0.464 e. The van der Waals surface area contributed by atoms with Gasteiger partial charge in [-0.1, -0.05) is 26.8 Å². The number of aliphatic hydroxyl groups is 1. The molecule has 30 heavy (non-hydrogen) atoms. The van der Waals surface area contributed by atoms with E-state index in [-0.39, 0.29) is 29.7 Å². The van der Waals surface area contributed by atoms with Crippen LogP contribution in [0.5, 0.6) is 5.88 Å². The highest BCUT2D eigenvalue weighted by Crippen LogP contribution is 2.44. The zero-order chi connectivity index (χ0) is 22.5. The smallest absolute Gasteiger partial charge is 0.425 e. The molecule has 168 valence electrons. The van der Waals surface area contributed by atoms with Gasteiger partial charge < -0.3 is 15.2 Å². The summed E-state index contributed by atoms with van der Waals surface area (Å²) in [6.07, 6.45) is -4.91. The topological polar surface area (TPSA) is 88.5 Å². The van der Waals surface area contributed by atoms with Crippen LogP contribution in [0.15, 0.2) is 12.1 Å². The Kier molecular flexibility index (Phi) is 7.85. The number of rotatable bonds is 11. The number of aliphatic hydroxyl groups excluding tert-OH is 1. The van der Waals surface area contributed by atoms with Gasteiger partial charge in [-0.25, -0.2) is 4.98 Å². The minimum absolute atomic E-state index is 0.0414. The van der Waals surface area contributed by atoms with Gasteiger partial charge in [0.15, 0.2) is 11.9 Å². The monoisotopic (exact) mass is 430 g/mol. The molecule has 0 bridgehead atoms. The molecule has 1 aromatic heterocycles. The fourth-order valence-electron chi connectivity index (χ4n) is 3.43. The lowest BCUT2D eigenvalue weighted by Crippen LogP contribution is -2.53. The molecule has 1 amide bonds. The molecule has 2 rings (SSSR count). The van der Waals surface area contributed by atoms with Crippen LogP contribution in [0.3, 0.4) is 0 Å². The van der Waals surface area contributed by atoms with Gasteiger partial charge in [-0.05, 0) is 37.7 Å². The molecule has 1 heterocycles. The average Bonchev–Trinajstić information content (AvgIpc) is 3.55. The number of nitrogens with zero attached hydrogens (tertiary/aromatic N) is 1. The summed E-state index contributed by atoms with van der Waals surface area (Å²) in [5.74, 6) is -0.966. The van der Waals surface area contributed by atoms with E-state index in [4.69, 9.17) is 9.84 Å². The number of nitrogens with one attached hydrogen (secondary N) is 1. The zero-order valence-electron chi connectivity index (χ0n) is 17.5. The molecule has 1 aliphatic carbocycles. The lowest BCUT2D eigenvalue weighted by atomic mass is 9.86. The first kappa shape index (κ1) is 24.1. The normalized spacial score (nSPS) is 15.6. The third-order valence-electron chi connectivity index (χ3n) is 5.56. The predicted molar refractivity (Wildman–Crippen MR) is 104 cm³/mol. The molecule has 1 aliphatic rings. The summed E-state index contributed by atoms with van der Waals surface area (Å²) in [6, 6.07) is 3.00. The molecule has 1 aromatic rings. The summed E-state index contributed by atoms with van der Waals surface area (Å²) in [5, 5.41) is 11.7. The second-order valence-corrected chi connectivity index (χ2v) is 7.55. The van der Waals surface area contributed by atoms with Crippen molar-refractivity contribution in [2.24, 2.45) is 0 Å². The summed E-state index contributed by atoms with van der Waals surface area (Å²) >= 11 is 0. The van der Waals surface area contributed by atoms with E-state index in [1.165, 1.54) is 6.07 Å². The third kappa shape index (κ3) is 5.50. The van der Waals surface area contributed by atoms with Crippen LogP contribution in [0, 0.1) is 0 Å². The summed E-state index contributed by atoms with van der Waals surface area (Å²) < 4.78 is 44.9. The molecular weight excluding hydrogens is 401 g/mol. The van der Waals surface area contributed by atoms with Crippen molar-refractivity contribution in [2.45, 2.75) is 83.0 Å². The molecule has 6 nitrogen and oxygen atoms in total. The van der Waals surface area contributed by atoms with E-state index in [1.807, 2.05) is 0 Å². The quantitative estimate of drug-likeness (QED) is 0.556. The zero-order valence-corrected chi connectivity index (χ0v) is 17.5. The van der Waals surface area contributed by atoms with Crippen LogP contribution in [-0.2, 0) is 4.79 Å². The fourth-order valence-corrected chi connectivity index (χ4v) is 3.43. The lowest BCUT2D eigenvalue weighted by Gasteiger charge is -2.31. The molecule has 1 atom stereocenters. The Balaban J connectivity index is 2.34. The van der Waals surface area contributed by atoms with Crippen molar-refractivity contribution in [1.82, 2.24) is 10.3 Å². The van der Waals surface area contributed by atoms with E-state index in [2.05, 4.69) is 10.3 Å². The van der Waals surface area contributed by atoms with Gasteiger partial charge in [0.2, 0.25) is 5.88 Å². The van der Waals surface area contributed by atoms with Gasteiger partial charge in [0.05, 0.1) is 5.54 Å². The van der Waals surface area contributed by atoms with Crippen molar-refractivity contribution in [2.75, 3.05) is 6.61 Å². The Morgan fingerprint density at radius 2 is 1.87 bits per heavy atom. The van der Waals surface area contributed by atoms with Crippen LogP contribution in [0.25, 0.3) is 0 Å². The maximum absolute atomic E-state index is 13.3. The molecule has 0 spiro atoms. The van der Waals surface area contributed by atoms with E-state index >= 15 is 0 Å². The maximum Gasteiger partial charge on any atom is 0.425 e. The lowest BCUT2D eigenvalue weighted by molar-refractivity contribution is -0.199. The molecule has 1 saturated carbocycles. The number of carbonyl (C=O) groups excluding carboxylic acids is 2. The second-order valence-electron chi connectivity index (χ2n) is 7.55. The first-order valence-electron chi connectivity index (χ1n) is 10.3. The number of ether oxygens (including phenoxy) is 1. The molecule has 9 heteroatoms. The number of halogens is 3. The van der Waals surface area contributed by atoms with Gasteiger partial charge in [-0.2, -0.15) is 13.2 Å². The van der Waals surface area contributed by atoms with Crippen LogP contribution in [-0.4, -0.2) is 46.2 Å². The SMILES string of the molecule is CCC(=O)C(CC)(CC)NC(=O)c1ccc(C2CC2)c(O[C@H](CCO)C(F)(F)F)n1. The largest absolute Gasteiger partial charge is 0.464 e. The number of aromatic nitrogens is 1.